The van der Waals surface area contributed by atoms with Crippen LogP contribution in [-0.2, 0) is 11.2 Å². The maximum absolute atomic E-state index is 12.2. The smallest absolute Gasteiger partial charge is 0.319 e. The molecule has 3 rings (SSSR count). The van der Waals surface area contributed by atoms with Gasteiger partial charge in [-0.1, -0.05) is 41.4 Å². The standard InChI is InChI=1S/C19H19Cl2N3O2/c20-16-6-1-3-12(18(16)21)7-10-17(25)22-14-4-2-5-15(11-14)24-19(26)23-13-8-9-13/h1-6,11,13H,7-10H2,(H,22,25)(H2,23,24,26). The number of halogens is 2. The molecule has 1 aliphatic rings. The molecule has 2 aromatic carbocycles. The second kappa shape index (κ2) is 8.43. The first-order chi connectivity index (χ1) is 12.5. The predicted octanol–water partition coefficient (Wildman–Crippen LogP) is 4.85. The molecule has 3 N–H and O–H groups in total. The van der Waals surface area contributed by atoms with Gasteiger partial charge in [0.25, 0.3) is 0 Å². The summed E-state index contributed by atoms with van der Waals surface area (Å²) in [6, 6.07) is 12.5. The quantitative estimate of drug-likeness (QED) is 0.658. The number of benzene rings is 2. The van der Waals surface area contributed by atoms with E-state index in [1.54, 1.807) is 30.3 Å². The van der Waals surface area contributed by atoms with Gasteiger partial charge in [-0.15, -0.1) is 0 Å². The van der Waals surface area contributed by atoms with Gasteiger partial charge in [-0.05, 0) is 49.1 Å². The first kappa shape index (κ1) is 18.5. The Balaban J connectivity index is 1.52. The van der Waals surface area contributed by atoms with Crippen LogP contribution in [0.3, 0.4) is 0 Å². The Morgan fingerprint density at radius 3 is 2.42 bits per heavy atom. The fourth-order valence-corrected chi connectivity index (χ4v) is 2.88. The van der Waals surface area contributed by atoms with Gasteiger partial charge >= 0.3 is 6.03 Å². The predicted molar refractivity (Wildman–Crippen MR) is 105 cm³/mol. The Bertz CT molecular complexity index is 822. The largest absolute Gasteiger partial charge is 0.335 e. The van der Waals surface area contributed by atoms with Crippen LogP contribution in [0.1, 0.15) is 24.8 Å². The van der Waals surface area contributed by atoms with Crippen LogP contribution in [0.15, 0.2) is 42.5 Å². The maximum Gasteiger partial charge on any atom is 0.319 e. The number of hydrogen-bond donors (Lipinski definition) is 3. The van der Waals surface area contributed by atoms with Gasteiger partial charge in [0.2, 0.25) is 5.91 Å². The van der Waals surface area contributed by atoms with E-state index < -0.39 is 0 Å². The molecule has 26 heavy (non-hydrogen) atoms. The van der Waals surface area contributed by atoms with E-state index in [1.807, 2.05) is 12.1 Å². The number of urea groups is 1. The zero-order valence-corrected chi connectivity index (χ0v) is 15.5. The van der Waals surface area contributed by atoms with Crippen LogP contribution in [-0.4, -0.2) is 18.0 Å². The molecule has 1 saturated carbocycles. The van der Waals surface area contributed by atoms with Crippen molar-refractivity contribution < 1.29 is 9.59 Å². The molecule has 0 heterocycles. The molecule has 0 spiro atoms. The van der Waals surface area contributed by atoms with Crippen molar-refractivity contribution in [1.82, 2.24) is 5.32 Å². The minimum absolute atomic E-state index is 0.138. The third-order valence-electron chi connectivity index (χ3n) is 3.97. The van der Waals surface area contributed by atoms with Crippen molar-refractivity contribution in [3.63, 3.8) is 0 Å². The minimum Gasteiger partial charge on any atom is -0.335 e. The van der Waals surface area contributed by atoms with Crippen molar-refractivity contribution >= 4 is 46.5 Å². The Morgan fingerprint density at radius 2 is 1.69 bits per heavy atom. The summed E-state index contributed by atoms with van der Waals surface area (Å²) in [7, 11) is 0. The molecular formula is C19H19Cl2N3O2. The van der Waals surface area contributed by atoms with Crippen LogP contribution in [0, 0.1) is 0 Å². The maximum atomic E-state index is 12.2. The van der Waals surface area contributed by atoms with E-state index in [0.29, 0.717) is 27.8 Å². The highest BCUT2D eigenvalue weighted by Crippen LogP contribution is 2.26. The van der Waals surface area contributed by atoms with Gasteiger partial charge in [-0.2, -0.15) is 0 Å². The molecule has 0 unspecified atom stereocenters. The van der Waals surface area contributed by atoms with E-state index in [9.17, 15) is 9.59 Å². The summed E-state index contributed by atoms with van der Waals surface area (Å²) in [5.41, 5.74) is 2.08. The summed E-state index contributed by atoms with van der Waals surface area (Å²) in [5.74, 6) is -0.138. The third kappa shape index (κ3) is 5.38. The van der Waals surface area contributed by atoms with Crippen molar-refractivity contribution in [2.24, 2.45) is 0 Å². The van der Waals surface area contributed by atoms with E-state index >= 15 is 0 Å². The monoisotopic (exact) mass is 391 g/mol. The van der Waals surface area contributed by atoms with Gasteiger partial charge in [0.15, 0.2) is 0 Å². The summed E-state index contributed by atoms with van der Waals surface area (Å²) in [4.78, 5) is 24.0. The Hall–Kier alpha value is -2.24. The van der Waals surface area contributed by atoms with Crippen molar-refractivity contribution in [2.45, 2.75) is 31.7 Å². The lowest BCUT2D eigenvalue weighted by Crippen LogP contribution is -2.30. The van der Waals surface area contributed by atoms with Crippen molar-refractivity contribution in [1.29, 1.82) is 0 Å². The van der Waals surface area contributed by atoms with Crippen LogP contribution < -0.4 is 16.0 Å². The summed E-state index contributed by atoms with van der Waals surface area (Å²) in [6.07, 6.45) is 2.83. The average Bonchev–Trinajstić information content (AvgIpc) is 3.40. The average molecular weight is 392 g/mol. The fraction of sp³-hybridized carbons (Fsp3) is 0.263. The van der Waals surface area contributed by atoms with Crippen LogP contribution in [0.5, 0.6) is 0 Å². The SMILES string of the molecule is O=C(CCc1cccc(Cl)c1Cl)Nc1cccc(NC(=O)NC2CC2)c1. The molecule has 0 saturated heterocycles. The second-order valence-corrected chi connectivity index (χ2v) is 7.00. The number of carbonyl (C=O) groups excluding carboxylic acids is 2. The molecule has 0 bridgehead atoms. The Morgan fingerprint density at radius 1 is 1.00 bits per heavy atom. The zero-order chi connectivity index (χ0) is 18.5. The number of amides is 3. The van der Waals surface area contributed by atoms with Crippen molar-refractivity contribution in [3.05, 3.63) is 58.1 Å². The highest BCUT2D eigenvalue weighted by atomic mass is 35.5. The molecule has 1 aliphatic carbocycles. The van der Waals surface area contributed by atoms with E-state index in [-0.39, 0.29) is 24.4 Å². The summed E-state index contributed by atoms with van der Waals surface area (Å²) in [5, 5.41) is 9.40. The van der Waals surface area contributed by atoms with Crippen molar-refractivity contribution in [2.75, 3.05) is 10.6 Å². The Labute approximate surface area is 162 Å². The molecule has 2 aromatic rings. The number of rotatable bonds is 6. The van der Waals surface area contributed by atoms with Gasteiger partial charge in [-0.3, -0.25) is 4.79 Å². The van der Waals surface area contributed by atoms with E-state index in [4.69, 9.17) is 23.2 Å². The van der Waals surface area contributed by atoms with E-state index in [2.05, 4.69) is 16.0 Å². The van der Waals surface area contributed by atoms with Crippen LogP contribution in [0.4, 0.5) is 16.2 Å². The molecule has 7 heteroatoms. The molecule has 0 radical (unpaired) electrons. The van der Waals surface area contributed by atoms with Gasteiger partial charge in [0, 0.05) is 23.8 Å². The highest BCUT2D eigenvalue weighted by Gasteiger charge is 2.23. The first-order valence-electron chi connectivity index (χ1n) is 8.41. The number of nitrogens with one attached hydrogen (secondary N) is 3. The topological polar surface area (TPSA) is 70.2 Å². The number of hydrogen-bond acceptors (Lipinski definition) is 2. The first-order valence-corrected chi connectivity index (χ1v) is 9.17. The molecule has 5 nitrogen and oxygen atoms in total. The zero-order valence-electron chi connectivity index (χ0n) is 14.0. The lowest BCUT2D eigenvalue weighted by molar-refractivity contribution is -0.116. The summed E-state index contributed by atoms with van der Waals surface area (Å²) < 4.78 is 0. The van der Waals surface area contributed by atoms with Gasteiger partial charge in [-0.25, -0.2) is 4.79 Å². The highest BCUT2D eigenvalue weighted by molar-refractivity contribution is 6.42. The molecule has 0 atom stereocenters. The van der Waals surface area contributed by atoms with Crippen LogP contribution in [0.25, 0.3) is 0 Å². The van der Waals surface area contributed by atoms with Gasteiger partial charge in [0.05, 0.1) is 10.0 Å². The Kier molecular flexibility index (Phi) is 6.01. The lowest BCUT2D eigenvalue weighted by atomic mass is 10.1. The van der Waals surface area contributed by atoms with Crippen molar-refractivity contribution in [3.8, 4) is 0 Å². The fourth-order valence-electron chi connectivity index (χ4n) is 2.47. The summed E-state index contributed by atoms with van der Waals surface area (Å²) in [6.45, 7) is 0. The molecule has 1 fully saturated rings. The van der Waals surface area contributed by atoms with Gasteiger partial charge < -0.3 is 16.0 Å². The normalized spacial score (nSPS) is 13.2. The van der Waals surface area contributed by atoms with Crippen LogP contribution in [0.2, 0.25) is 10.0 Å². The minimum atomic E-state index is -0.230. The second-order valence-electron chi connectivity index (χ2n) is 6.21. The number of anilines is 2. The number of aryl methyl sites for hydroxylation is 1. The molecule has 0 aliphatic heterocycles. The van der Waals surface area contributed by atoms with Crippen LogP contribution >= 0.6 is 23.2 Å². The lowest BCUT2D eigenvalue weighted by Gasteiger charge is -2.10. The third-order valence-corrected chi connectivity index (χ3v) is 4.83. The molecule has 136 valence electrons. The number of carbonyl (C=O) groups is 2. The van der Waals surface area contributed by atoms with Gasteiger partial charge in [0.1, 0.15) is 0 Å². The molecular weight excluding hydrogens is 373 g/mol. The molecule has 3 amide bonds. The van der Waals surface area contributed by atoms with E-state index in [0.717, 1.165) is 18.4 Å². The summed E-state index contributed by atoms with van der Waals surface area (Å²) >= 11 is 12.1. The van der Waals surface area contributed by atoms with E-state index in [1.165, 1.54) is 0 Å². The molecule has 0 aromatic heterocycles.